The minimum absolute atomic E-state index is 0.0986. The van der Waals surface area contributed by atoms with Gasteiger partial charge >= 0.3 is 12.3 Å². The minimum atomic E-state index is -4.60. The molecule has 0 unspecified atom stereocenters. The Labute approximate surface area is 169 Å². The molecule has 1 aliphatic carbocycles. The first-order valence-electron chi connectivity index (χ1n) is 9.44. The van der Waals surface area contributed by atoms with E-state index in [0.717, 1.165) is 36.6 Å². The molecule has 30 heavy (non-hydrogen) atoms. The van der Waals surface area contributed by atoms with Crippen molar-refractivity contribution in [2.45, 2.75) is 51.4 Å². The summed E-state index contributed by atoms with van der Waals surface area (Å²) in [6, 6.07) is 3.62. The third kappa shape index (κ3) is 5.17. The highest BCUT2D eigenvalue weighted by Gasteiger charge is 2.35. The third-order valence-electron chi connectivity index (χ3n) is 4.71. The van der Waals surface area contributed by atoms with Crippen LogP contribution in [-0.4, -0.2) is 22.0 Å². The van der Waals surface area contributed by atoms with Gasteiger partial charge in [0.15, 0.2) is 5.69 Å². The molecule has 0 bridgehead atoms. The standard InChI is InChI=1S/C20H20F5N3O2/c1-2-14(30-19(29)26-16-8-7-13(21)9-15(16)22)11-28-17(12-5-3-4-6-12)10-18(27-28)20(23,24)25/h5,7-10,14H,2-4,6,11H2,1H3,(H,26,29)/t14-/m1/s1. The molecule has 1 heterocycles. The summed E-state index contributed by atoms with van der Waals surface area (Å²) in [7, 11) is 0. The van der Waals surface area contributed by atoms with E-state index in [1.54, 1.807) is 6.92 Å². The number of allylic oxidation sites excluding steroid dienone is 2. The van der Waals surface area contributed by atoms with Crippen LogP contribution in [0.2, 0.25) is 0 Å². The summed E-state index contributed by atoms with van der Waals surface area (Å²) in [5.41, 5.74) is -0.179. The van der Waals surface area contributed by atoms with Gasteiger partial charge in [0.1, 0.15) is 17.7 Å². The Balaban J connectivity index is 1.74. The maximum absolute atomic E-state index is 13.7. The fourth-order valence-corrected chi connectivity index (χ4v) is 3.18. The maximum Gasteiger partial charge on any atom is 0.435 e. The number of nitrogens with one attached hydrogen (secondary N) is 1. The van der Waals surface area contributed by atoms with E-state index >= 15 is 0 Å². The lowest BCUT2D eigenvalue weighted by Gasteiger charge is -2.18. The molecule has 0 aliphatic heterocycles. The molecule has 2 aromatic rings. The predicted octanol–water partition coefficient (Wildman–Crippen LogP) is 5.77. The molecule has 1 aromatic heterocycles. The van der Waals surface area contributed by atoms with Crippen molar-refractivity contribution in [1.82, 2.24) is 9.78 Å². The van der Waals surface area contributed by atoms with E-state index in [4.69, 9.17) is 4.74 Å². The molecule has 0 radical (unpaired) electrons. The number of carbonyl (C=O) groups excluding carboxylic acids is 1. The predicted molar refractivity (Wildman–Crippen MR) is 99.6 cm³/mol. The number of ether oxygens (including phenoxy) is 1. The SMILES string of the molecule is CC[C@H](Cn1nc(C(F)(F)F)cc1C1=CCCC1)OC(=O)Nc1ccc(F)cc1F. The minimum Gasteiger partial charge on any atom is -0.444 e. The Morgan fingerprint density at radius 3 is 2.67 bits per heavy atom. The molecule has 1 atom stereocenters. The van der Waals surface area contributed by atoms with Crippen molar-refractivity contribution in [2.24, 2.45) is 0 Å². The smallest absolute Gasteiger partial charge is 0.435 e. The van der Waals surface area contributed by atoms with Gasteiger partial charge in [0.25, 0.3) is 0 Å². The average molecular weight is 429 g/mol. The summed E-state index contributed by atoms with van der Waals surface area (Å²) in [5.74, 6) is -1.77. The van der Waals surface area contributed by atoms with E-state index in [1.807, 2.05) is 6.08 Å². The number of halogens is 5. The fourth-order valence-electron chi connectivity index (χ4n) is 3.18. The molecule has 5 nitrogen and oxygen atoms in total. The van der Waals surface area contributed by atoms with E-state index in [0.29, 0.717) is 24.6 Å². The van der Waals surface area contributed by atoms with Crippen molar-refractivity contribution in [1.29, 1.82) is 0 Å². The van der Waals surface area contributed by atoms with Crippen LogP contribution in [0.25, 0.3) is 5.57 Å². The van der Waals surface area contributed by atoms with Gasteiger partial charge in [0.2, 0.25) is 0 Å². The molecular formula is C20H20F5N3O2. The highest BCUT2D eigenvalue weighted by molar-refractivity contribution is 5.84. The van der Waals surface area contributed by atoms with Crippen molar-refractivity contribution in [3.8, 4) is 0 Å². The van der Waals surface area contributed by atoms with Gasteiger partial charge in [-0.1, -0.05) is 13.0 Å². The zero-order chi connectivity index (χ0) is 21.9. The second-order valence-electron chi connectivity index (χ2n) is 6.90. The molecule has 3 rings (SSSR count). The molecule has 1 aromatic carbocycles. The number of alkyl halides is 3. The van der Waals surface area contributed by atoms with Gasteiger partial charge in [0, 0.05) is 6.07 Å². The molecule has 1 amide bonds. The zero-order valence-corrected chi connectivity index (χ0v) is 16.1. The Morgan fingerprint density at radius 1 is 1.30 bits per heavy atom. The van der Waals surface area contributed by atoms with Gasteiger partial charge in [-0.3, -0.25) is 10.00 Å². The molecule has 0 saturated carbocycles. The number of hydrogen-bond donors (Lipinski definition) is 1. The summed E-state index contributed by atoms with van der Waals surface area (Å²) in [4.78, 5) is 12.1. The van der Waals surface area contributed by atoms with Gasteiger partial charge in [0.05, 0.1) is 17.9 Å². The van der Waals surface area contributed by atoms with Gasteiger partial charge in [-0.25, -0.2) is 13.6 Å². The molecule has 1 aliphatic rings. The average Bonchev–Trinajstić information content (AvgIpc) is 3.32. The van der Waals surface area contributed by atoms with Crippen LogP contribution in [0.5, 0.6) is 0 Å². The van der Waals surface area contributed by atoms with Crippen LogP contribution >= 0.6 is 0 Å². The summed E-state index contributed by atoms with van der Waals surface area (Å²) >= 11 is 0. The van der Waals surface area contributed by atoms with E-state index < -0.39 is 35.7 Å². The third-order valence-corrected chi connectivity index (χ3v) is 4.71. The maximum atomic E-state index is 13.7. The van der Waals surface area contributed by atoms with Crippen LogP contribution in [0.3, 0.4) is 0 Å². The summed E-state index contributed by atoms with van der Waals surface area (Å²) in [6.45, 7) is 1.59. The number of rotatable bonds is 6. The molecular weight excluding hydrogens is 409 g/mol. The summed E-state index contributed by atoms with van der Waals surface area (Å²) in [6.07, 6.45) is -1.97. The van der Waals surface area contributed by atoms with Gasteiger partial charge in [-0.2, -0.15) is 18.3 Å². The van der Waals surface area contributed by atoms with E-state index in [-0.39, 0.29) is 12.2 Å². The quantitative estimate of drug-likeness (QED) is 0.593. The van der Waals surface area contributed by atoms with Gasteiger partial charge in [-0.15, -0.1) is 0 Å². The van der Waals surface area contributed by atoms with Gasteiger partial charge in [-0.05, 0) is 49.5 Å². The van der Waals surface area contributed by atoms with E-state index in [1.165, 1.54) is 4.68 Å². The number of carbonyl (C=O) groups is 1. The largest absolute Gasteiger partial charge is 0.444 e. The lowest BCUT2D eigenvalue weighted by Crippen LogP contribution is -2.27. The Bertz CT molecular complexity index is 952. The van der Waals surface area contributed by atoms with E-state index in [2.05, 4.69) is 10.4 Å². The Morgan fingerprint density at radius 2 is 2.07 bits per heavy atom. The second-order valence-corrected chi connectivity index (χ2v) is 6.90. The van der Waals surface area contributed by atoms with Crippen molar-refractivity contribution in [2.75, 3.05) is 5.32 Å². The normalized spacial score (nSPS) is 15.1. The van der Waals surface area contributed by atoms with Crippen LogP contribution in [0.1, 0.15) is 44.0 Å². The van der Waals surface area contributed by atoms with Crippen molar-refractivity contribution >= 4 is 17.4 Å². The molecule has 0 fully saturated rings. The molecule has 1 N–H and O–H groups in total. The van der Waals surface area contributed by atoms with Crippen LogP contribution in [-0.2, 0) is 17.5 Å². The fraction of sp³-hybridized carbons (Fsp3) is 0.400. The molecule has 0 saturated heterocycles. The van der Waals surface area contributed by atoms with Crippen molar-refractivity contribution < 1.29 is 31.5 Å². The Hall–Kier alpha value is -2.91. The van der Waals surface area contributed by atoms with Crippen molar-refractivity contribution in [3.05, 3.63) is 53.4 Å². The van der Waals surface area contributed by atoms with Crippen LogP contribution in [0.4, 0.5) is 32.4 Å². The number of anilines is 1. The molecule has 0 spiro atoms. The first kappa shape index (κ1) is 21.8. The lowest BCUT2D eigenvalue weighted by molar-refractivity contribution is -0.141. The van der Waals surface area contributed by atoms with Gasteiger partial charge < -0.3 is 4.74 Å². The lowest BCUT2D eigenvalue weighted by atomic mass is 10.1. The number of hydrogen-bond acceptors (Lipinski definition) is 3. The number of amides is 1. The number of aromatic nitrogens is 2. The second kappa shape index (κ2) is 8.85. The topological polar surface area (TPSA) is 56.2 Å². The van der Waals surface area contributed by atoms with Crippen LogP contribution < -0.4 is 5.32 Å². The highest BCUT2D eigenvalue weighted by Crippen LogP contribution is 2.34. The monoisotopic (exact) mass is 429 g/mol. The number of benzene rings is 1. The first-order chi connectivity index (χ1) is 14.2. The number of nitrogens with zero attached hydrogens (tertiary/aromatic N) is 2. The zero-order valence-electron chi connectivity index (χ0n) is 16.1. The first-order valence-corrected chi connectivity index (χ1v) is 9.44. The van der Waals surface area contributed by atoms with Crippen molar-refractivity contribution in [3.63, 3.8) is 0 Å². The molecule has 10 heteroatoms. The summed E-state index contributed by atoms with van der Waals surface area (Å²) < 4.78 is 72.5. The van der Waals surface area contributed by atoms with Crippen LogP contribution in [0.15, 0.2) is 30.3 Å². The molecule has 162 valence electrons. The highest BCUT2D eigenvalue weighted by atomic mass is 19.4. The van der Waals surface area contributed by atoms with E-state index in [9.17, 15) is 26.7 Å². The van der Waals surface area contributed by atoms with Crippen LogP contribution in [0, 0.1) is 11.6 Å². The summed E-state index contributed by atoms with van der Waals surface area (Å²) in [5, 5.41) is 5.83. The Kier molecular flexibility index (Phi) is 6.42.